The number of anilines is 3. The molecule has 1 aromatic heterocycles. The van der Waals surface area contributed by atoms with Crippen molar-refractivity contribution in [1.29, 1.82) is 0 Å². The van der Waals surface area contributed by atoms with E-state index in [1.807, 2.05) is 13.0 Å². The first-order valence-electron chi connectivity index (χ1n) is 11.2. The number of hydrogen-bond donors (Lipinski definition) is 2. The molecule has 196 valence electrons. The van der Waals surface area contributed by atoms with Crippen molar-refractivity contribution in [3.63, 3.8) is 0 Å². The van der Waals surface area contributed by atoms with E-state index in [0.29, 0.717) is 22.1 Å². The number of amides is 1. The molecule has 0 unspecified atom stereocenters. The molecule has 2 N–H and O–H groups in total. The molecule has 0 saturated carbocycles. The Morgan fingerprint density at radius 1 is 0.868 bits per heavy atom. The van der Waals surface area contributed by atoms with Gasteiger partial charge < -0.3 is 5.32 Å². The molecule has 0 radical (unpaired) electrons. The Hall–Kier alpha value is -3.93. The molecule has 38 heavy (non-hydrogen) atoms. The maximum atomic E-state index is 13.5. The van der Waals surface area contributed by atoms with Gasteiger partial charge in [-0.25, -0.2) is 16.8 Å². The Labute approximate surface area is 226 Å². The molecule has 0 aliphatic heterocycles. The highest BCUT2D eigenvalue weighted by molar-refractivity contribution is 7.93. The van der Waals surface area contributed by atoms with Crippen LogP contribution < -0.4 is 14.3 Å². The number of aromatic nitrogens is 1. The predicted octanol–water partition coefficient (Wildman–Crippen LogP) is 4.68. The van der Waals surface area contributed by atoms with Crippen LogP contribution in [0.1, 0.15) is 5.56 Å². The molecule has 4 aromatic rings. The van der Waals surface area contributed by atoms with Gasteiger partial charge in [0.15, 0.2) is 0 Å². The van der Waals surface area contributed by atoms with Gasteiger partial charge in [-0.15, -0.1) is 0 Å². The highest BCUT2D eigenvalue weighted by atomic mass is 35.5. The van der Waals surface area contributed by atoms with Gasteiger partial charge in [0.2, 0.25) is 5.91 Å². The highest BCUT2D eigenvalue weighted by Crippen LogP contribution is 2.26. The SMILES string of the molecule is Cc1cccc(N(CC(=O)Nc2ccc(S(=O)(=O)Nc3cccnc3)cc2)S(=O)(=O)c2ccc(Cl)cc2)c1. The molecular formula is C26H23ClN4O5S2. The molecule has 12 heteroatoms. The van der Waals surface area contributed by atoms with Crippen molar-refractivity contribution < 1.29 is 21.6 Å². The summed E-state index contributed by atoms with van der Waals surface area (Å²) in [6.07, 6.45) is 2.90. The van der Waals surface area contributed by atoms with E-state index in [1.165, 1.54) is 60.9 Å². The van der Waals surface area contributed by atoms with E-state index in [9.17, 15) is 21.6 Å². The maximum absolute atomic E-state index is 13.5. The zero-order valence-corrected chi connectivity index (χ0v) is 22.5. The van der Waals surface area contributed by atoms with Crippen LogP contribution in [0.3, 0.4) is 0 Å². The lowest BCUT2D eigenvalue weighted by Gasteiger charge is -2.24. The van der Waals surface area contributed by atoms with E-state index in [1.54, 1.807) is 30.3 Å². The number of pyridine rings is 1. The van der Waals surface area contributed by atoms with Gasteiger partial charge in [-0.2, -0.15) is 0 Å². The van der Waals surface area contributed by atoms with Gasteiger partial charge in [-0.3, -0.25) is 18.8 Å². The number of rotatable bonds is 9. The molecule has 0 saturated heterocycles. The summed E-state index contributed by atoms with van der Waals surface area (Å²) in [5, 5.41) is 3.01. The molecule has 1 amide bonds. The molecular weight excluding hydrogens is 548 g/mol. The average Bonchev–Trinajstić information content (AvgIpc) is 2.88. The van der Waals surface area contributed by atoms with Crippen LogP contribution in [0.15, 0.2) is 107 Å². The second-order valence-electron chi connectivity index (χ2n) is 8.22. The zero-order valence-electron chi connectivity index (χ0n) is 20.1. The topological polar surface area (TPSA) is 126 Å². The fraction of sp³-hybridized carbons (Fsp3) is 0.0769. The first-order chi connectivity index (χ1) is 18.0. The summed E-state index contributed by atoms with van der Waals surface area (Å²) < 4.78 is 55.6. The van der Waals surface area contributed by atoms with Crippen molar-refractivity contribution in [3.05, 3.63) is 108 Å². The second kappa shape index (κ2) is 11.2. The smallest absolute Gasteiger partial charge is 0.264 e. The summed E-state index contributed by atoms with van der Waals surface area (Å²) >= 11 is 5.92. The van der Waals surface area contributed by atoms with E-state index < -0.39 is 32.5 Å². The van der Waals surface area contributed by atoms with E-state index in [4.69, 9.17) is 11.6 Å². The van der Waals surface area contributed by atoms with Crippen LogP contribution in [0.4, 0.5) is 17.1 Å². The van der Waals surface area contributed by atoms with Crippen LogP contribution in [0, 0.1) is 6.92 Å². The number of aryl methyl sites for hydroxylation is 1. The largest absolute Gasteiger partial charge is 0.325 e. The minimum atomic E-state index is -4.11. The molecule has 0 aliphatic rings. The number of carbonyl (C=O) groups excluding carboxylic acids is 1. The van der Waals surface area contributed by atoms with Crippen molar-refractivity contribution >= 4 is 54.6 Å². The molecule has 3 aromatic carbocycles. The van der Waals surface area contributed by atoms with Gasteiger partial charge in [0.05, 0.1) is 27.4 Å². The molecule has 0 atom stereocenters. The standard InChI is InChI=1S/C26H23ClN4O5S2/c1-19-4-2-6-23(16-19)31(38(35,36)25-11-7-20(27)8-12-25)18-26(32)29-21-9-13-24(14-10-21)37(33,34)30-22-5-3-15-28-17-22/h2-17,30H,18H2,1H3,(H,29,32). The fourth-order valence-corrected chi connectivity index (χ4v) is 6.10. The molecule has 0 bridgehead atoms. The van der Waals surface area contributed by atoms with E-state index in [-0.39, 0.29) is 9.79 Å². The second-order valence-corrected chi connectivity index (χ2v) is 12.2. The van der Waals surface area contributed by atoms with E-state index in [2.05, 4.69) is 15.0 Å². The van der Waals surface area contributed by atoms with Crippen molar-refractivity contribution in [1.82, 2.24) is 4.98 Å². The van der Waals surface area contributed by atoms with Gasteiger partial charge in [0.1, 0.15) is 6.54 Å². The van der Waals surface area contributed by atoms with Crippen LogP contribution in [-0.2, 0) is 24.8 Å². The first-order valence-corrected chi connectivity index (χ1v) is 14.5. The number of nitrogens with one attached hydrogen (secondary N) is 2. The maximum Gasteiger partial charge on any atom is 0.264 e. The van der Waals surface area contributed by atoms with Crippen molar-refractivity contribution in [2.24, 2.45) is 0 Å². The van der Waals surface area contributed by atoms with Crippen LogP contribution in [-0.4, -0.2) is 34.3 Å². The number of benzene rings is 3. The Morgan fingerprint density at radius 2 is 1.55 bits per heavy atom. The molecule has 4 rings (SSSR count). The monoisotopic (exact) mass is 570 g/mol. The minimum Gasteiger partial charge on any atom is -0.325 e. The van der Waals surface area contributed by atoms with Gasteiger partial charge >= 0.3 is 0 Å². The minimum absolute atomic E-state index is 0.0214. The molecule has 1 heterocycles. The summed E-state index contributed by atoms with van der Waals surface area (Å²) in [5.74, 6) is -0.617. The fourth-order valence-electron chi connectivity index (χ4n) is 3.52. The van der Waals surface area contributed by atoms with Gasteiger partial charge in [-0.05, 0) is 85.3 Å². The van der Waals surface area contributed by atoms with E-state index in [0.717, 1.165) is 9.87 Å². The van der Waals surface area contributed by atoms with Crippen LogP contribution in [0.2, 0.25) is 5.02 Å². The number of nitrogens with zero attached hydrogens (tertiary/aromatic N) is 2. The van der Waals surface area contributed by atoms with Crippen LogP contribution >= 0.6 is 11.6 Å². The normalized spacial score (nSPS) is 11.5. The summed E-state index contributed by atoms with van der Waals surface area (Å²) in [4.78, 5) is 16.8. The third-order valence-electron chi connectivity index (χ3n) is 5.34. The summed E-state index contributed by atoms with van der Waals surface area (Å²) in [6.45, 7) is 1.30. The van der Waals surface area contributed by atoms with Gasteiger partial charge in [0, 0.05) is 16.9 Å². The Kier molecular flexibility index (Phi) is 8.00. The lowest BCUT2D eigenvalue weighted by Crippen LogP contribution is -2.38. The van der Waals surface area contributed by atoms with Gasteiger partial charge in [0.25, 0.3) is 20.0 Å². The Morgan fingerprint density at radius 3 is 2.18 bits per heavy atom. The molecule has 0 spiro atoms. The quantitative estimate of drug-likeness (QED) is 0.301. The lowest BCUT2D eigenvalue weighted by atomic mass is 10.2. The predicted molar refractivity (Wildman–Crippen MR) is 147 cm³/mol. The molecule has 0 aliphatic carbocycles. The number of sulfonamides is 2. The summed E-state index contributed by atoms with van der Waals surface area (Å²) in [5.41, 5.74) is 1.74. The third kappa shape index (κ3) is 6.49. The molecule has 0 fully saturated rings. The summed E-state index contributed by atoms with van der Waals surface area (Å²) in [6, 6.07) is 21.1. The summed E-state index contributed by atoms with van der Waals surface area (Å²) in [7, 11) is -7.98. The number of carbonyl (C=O) groups is 1. The van der Waals surface area contributed by atoms with E-state index >= 15 is 0 Å². The number of halogens is 1. The Balaban J connectivity index is 1.53. The lowest BCUT2D eigenvalue weighted by molar-refractivity contribution is -0.114. The van der Waals surface area contributed by atoms with Crippen LogP contribution in [0.25, 0.3) is 0 Å². The van der Waals surface area contributed by atoms with Crippen LogP contribution in [0.5, 0.6) is 0 Å². The first kappa shape index (κ1) is 27.1. The Bertz CT molecular complexity index is 1650. The zero-order chi connectivity index (χ0) is 27.3. The van der Waals surface area contributed by atoms with Crippen molar-refractivity contribution in [2.75, 3.05) is 20.9 Å². The number of hydrogen-bond acceptors (Lipinski definition) is 6. The van der Waals surface area contributed by atoms with Crippen molar-refractivity contribution in [2.45, 2.75) is 16.7 Å². The van der Waals surface area contributed by atoms with Gasteiger partial charge in [-0.1, -0.05) is 23.7 Å². The van der Waals surface area contributed by atoms with Crippen molar-refractivity contribution in [3.8, 4) is 0 Å². The third-order valence-corrected chi connectivity index (χ3v) is 8.78. The highest BCUT2D eigenvalue weighted by Gasteiger charge is 2.27. The average molecular weight is 571 g/mol. The molecule has 9 nitrogen and oxygen atoms in total.